The van der Waals surface area contributed by atoms with Crippen LogP contribution in [0, 0.1) is 13.8 Å². The number of nitrogens with one attached hydrogen (secondary N) is 2. The van der Waals surface area contributed by atoms with Crippen LogP contribution >= 0.6 is 11.3 Å². The van der Waals surface area contributed by atoms with Crippen molar-refractivity contribution in [3.05, 3.63) is 40.4 Å². The lowest BCUT2D eigenvalue weighted by Crippen LogP contribution is -2.42. The molecule has 8 heteroatoms. The monoisotopic (exact) mass is 359 g/mol. The number of thiazole rings is 1. The highest BCUT2D eigenvalue weighted by Gasteiger charge is 2.14. The van der Waals surface area contributed by atoms with Gasteiger partial charge in [0.1, 0.15) is 0 Å². The summed E-state index contributed by atoms with van der Waals surface area (Å²) < 4.78 is 3.98. The highest BCUT2D eigenvalue weighted by atomic mass is 32.1. The summed E-state index contributed by atoms with van der Waals surface area (Å²) in [5.74, 6) is 0.781. The number of hydrogen-bond donors (Lipinski definition) is 2. The van der Waals surface area contributed by atoms with E-state index in [4.69, 9.17) is 0 Å². The van der Waals surface area contributed by atoms with E-state index in [9.17, 15) is 0 Å². The minimum absolute atomic E-state index is 0.248. The number of aliphatic imine (C=N–C) groups is 1. The third kappa shape index (κ3) is 3.84. The van der Waals surface area contributed by atoms with Crippen molar-refractivity contribution in [1.29, 1.82) is 0 Å². The fourth-order valence-electron chi connectivity index (χ4n) is 2.93. The largest absolute Gasteiger partial charge is 0.354 e. The Balaban J connectivity index is 1.57. The fourth-order valence-corrected chi connectivity index (χ4v) is 3.65. The lowest BCUT2D eigenvalue weighted by Gasteiger charge is -2.18. The second-order valence-electron chi connectivity index (χ2n) is 6.27. The van der Waals surface area contributed by atoms with Crippen LogP contribution in [0.4, 0.5) is 0 Å². The Labute approximate surface area is 151 Å². The molecule has 0 aromatic carbocycles. The lowest BCUT2D eigenvalue weighted by molar-refractivity contribution is 0.634. The third-order valence-electron chi connectivity index (χ3n) is 4.36. The maximum absolute atomic E-state index is 4.58. The van der Waals surface area contributed by atoms with Crippen LogP contribution in [0.25, 0.3) is 4.96 Å². The summed E-state index contributed by atoms with van der Waals surface area (Å²) in [4.78, 5) is 9.90. The van der Waals surface area contributed by atoms with E-state index in [0.717, 1.165) is 28.7 Å². The first-order valence-electron chi connectivity index (χ1n) is 8.35. The molecule has 1 unspecified atom stereocenters. The molecule has 25 heavy (non-hydrogen) atoms. The van der Waals surface area contributed by atoms with E-state index in [-0.39, 0.29) is 6.04 Å². The molecule has 3 rings (SSSR count). The van der Waals surface area contributed by atoms with Crippen LogP contribution in [0.3, 0.4) is 0 Å². The lowest BCUT2D eigenvalue weighted by atomic mass is 10.1. The predicted octanol–water partition coefficient (Wildman–Crippen LogP) is 2.04. The summed E-state index contributed by atoms with van der Waals surface area (Å²) in [7, 11) is 3.77. The van der Waals surface area contributed by atoms with Crippen molar-refractivity contribution in [2.45, 2.75) is 39.8 Å². The molecule has 0 aliphatic heterocycles. The molecule has 0 amide bonds. The Hall–Kier alpha value is -2.35. The number of aromatic nitrogens is 4. The molecular formula is C17H25N7S. The number of fused-ring (bicyclic) bond motifs is 1. The van der Waals surface area contributed by atoms with Crippen molar-refractivity contribution in [1.82, 2.24) is 29.8 Å². The molecule has 0 bridgehead atoms. The van der Waals surface area contributed by atoms with E-state index in [0.29, 0.717) is 6.54 Å². The van der Waals surface area contributed by atoms with Gasteiger partial charge in [0.15, 0.2) is 10.9 Å². The summed E-state index contributed by atoms with van der Waals surface area (Å²) in [6.45, 7) is 6.98. The first-order valence-corrected chi connectivity index (χ1v) is 9.23. The Morgan fingerprint density at radius 3 is 2.84 bits per heavy atom. The zero-order chi connectivity index (χ0) is 18.0. The average molecular weight is 360 g/mol. The van der Waals surface area contributed by atoms with Crippen LogP contribution < -0.4 is 10.6 Å². The molecule has 2 N–H and O–H groups in total. The van der Waals surface area contributed by atoms with E-state index < -0.39 is 0 Å². The molecule has 3 aromatic heterocycles. The number of aryl methyl sites for hydroxylation is 2. The van der Waals surface area contributed by atoms with Crippen molar-refractivity contribution in [2.75, 3.05) is 7.05 Å². The van der Waals surface area contributed by atoms with Crippen LogP contribution in [0.15, 0.2) is 22.8 Å². The van der Waals surface area contributed by atoms with Crippen LogP contribution in [-0.4, -0.2) is 38.2 Å². The van der Waals surface area contributed by atoms with Gasteiger partial charge in [-0.05, 0) is 32.8 Å². The molecule has 3 heterocycles. The number of nitrogens with zero attached hydrogens (tertiary/aromatic N) is 5. The van der Waals surface area contributed by atoms with Gasteiger partial charge in [0, 0.05) is 43.6 Å². The van der Waals surface area contributed by atoms with E-state index in [1.54, 1.807) is 18.4 Å². The van der Waals surface area contributed by atoms with Crippen molar-refractivity contribution in [2.24, 2.45) is 12.0 Å². The van der Waals surface area contributed by atoms with E-state index >= 15 is 0 Å². The predicted molar refractivity (Wildman–Crippen MR) is 102 cm³/mol. The molecule has 0 aliphatic carbocycles. The minimum Gasteiger partial charge on any atom is -0.354 e. The molecule has 0 saturated heterocycles. The normalized spacial score (nSPS) is 13.4. The molecule has 0 spiro atoms. The Bertz CT molecular complexity index is 858. The van der Waals surface area contributed by atoms with Gasteiger partial charge < -0.3 is 10.6 Å². The maximum Gasteiger partial charge on any atom is 0.193 e. The zero-order valence-corrected chi connectivity index (χ0v) is 16.2. The summed E-state index contributed by atoms with van der Waals surface area (Å²) in [6, 6.07) is 0.248. The molecule has 3 aromatic rings. The Kier molecular flexibility index (Phi) is 5.08. The molecule has 1 atom stereocenters. The highest BCUT2D eigenvalue weighted by Crippen LogP contribution is 2.14. The molecule has 0 aliphatic rings. The molecule has 7 nitrogen and oxygen atoms in total. The second-order valence-corrected chi connectivity index (χ2v) is 7.15. The van der Waals surface area contributed by atoms with Crippen LogP contribution in [-0.2, 0) is 20.0 Å². The molecule has 0 saturated carbocycles. The smallest absolute Gasteiger partial charge is 0.193 e. The van der Waals surface area contributed by atoms with Crippen LogP contribution in [0.5, 0.6) is 0 Å². The van der Waals surface area contributed by atoms with E-state index in [1.807, 2.05) is 33.9 Å². The first-order chi connectivity index (χ1) is 12.0. The van der Waals surface area contributed by atoms with Gasteiger partial charge in [0.25, 0.3) is 0 Å². The number of rotatable bonds is 5. The molecule has 134 valence electrons. The first kappa shape index (κ1) is 17.5. The van der Waals surface area contributed by atoms with Crippen LogP contribution in [0.1, 0.15) is 29.6 Å². The van der Waals surface area contributed by atoms with E-state index in [2.05, 4.69) is 46.5 Å². The maximum atomic E-state index is 4.58. The van der Waals surface area contributed by atoms with Gasteiger partial charge in [-0.1, -0.05) is 0 Å². The second kappa shape index (κ2) is 7.26. The van der Waals surface area contributed by atoms with Gasteiger partial charge >= 0.3 is 0 Å². The van der Waals surface area contributed by atoms with Gasteiger partial charge in [-0.15, -0.1) is 11.3 Å². The molecule has 0 radical (unpaired) electrons. The van der Waals surface area contributed by atoms with Gasteiger partial charge in [0.2, 0.25) is 0 Å². The Morgan fingerprint density at radius 1 is 1.40 bits per heavy atom. The average Bonchev–Trinajstić information content (AvgIpc) is 3.22. The number of guanidine groups is 1. The van der Waals surface area contributed by atoms with Crippen molar-refractivity contribution >= 4 is 22.3 Å². The number of hydrogen-bond acceptors (Lipinski definition) is 4. The minimum atomic E-state index is 0.248. The van der Waals surface area contributed by atoms with Crippen LogP contribution in [0.2, 0.25) is 0 Å². The summed E-state index contributed by atoms with van der Waals surface area (Å²) in [5.41, 5.74) is 4.61. The summed E-state index contributed by atoms with van der Waals surface area (Å²) in [6.07, 6.45) is 4.97. The van der Waals surface area contributed by atoms with Crippen molar-refractivity contribution < 1.29 is 0 Å². The van der Waals surface area contributed by atoms with Gasteiger partial charge in [-0.2, -0.15) is 5.10 Å². The third-order valence-corrected chi connectivity index (χ3v) is 5.13. The summed E-state index contributed by atoms with van der Waals surface area (Å²) in [5, 5.41) is 13.3. The quantitative estimate of drug-likeness (QED) is 0.540. The SMILES string of the molecule is CN=C(NCc1cn2ccsc2n1)NC(C)Cc1c(C)nn(C)c1C. The molecular weight excluding hydrogens is 334 g/mol. The fraction of sp³-hybridized carbons (Fsp3) is 0.471. The van der Waals surface area contributed by atoms with Gasteiger partial charge in [0.05, 0.1) is 17.9 Å². The Morgan fingerprint density at radius 2 is 2.20 bits per heavy atom. The molecule has 0 fully saturated rings. The topological polar surface area (TPSA) is 71.5 Å². The van der Waals surface area contributed by atoms with Gasteiger partial charge in [-0.25, -0.2) is 4.98 Å². The standard InChI is InChI=1S/C17H25N7S/c1-11(8-15-12(2)22-23(5)13(15)3)20-16(18-4)19-9-14-10-24-6-7-25-17(24)21-14/h6-7,10-11H,8-9H2,1-5H3,(H2,18,19,20). The van der Waals surface area contributed by atoms with Crippen molar-refractivity contribution in [3.8, 4) is 0 Å². The van der Waals surface area contributed by atoms with E-state index in [1.165, 1.54) is 11.3 Å². The summed E-state index contributed by atoms with van der Waals surface area (Å²) >= 11 is 1.63. The number of imidazole rings is 1. The van der Waals surface area contributed by atoms with Crippen molar-refractivity contribution in [3.63, 3.8) is 0 Å². The van der Waals surface area contributed by atoms with Gasteiger partial charge in [-0.3, -0.25) is 14.1 Å². The highest BCUT2D eigenvalue weighted by molar-refractivity contribution is 7.15. The zero-order valence-electron chi connectivity index (χ0n) is 15.4.